The van der Waals surface area contributed by atoms with Crippen molar-refractivity contribution in [1.82, 2.24) is 0 Å². The number of fused-ring (bicyclic) bond motifs is 1. The first-order valence-corrected chi connectivity index (χ1v) is 5.09. The summed E-state index contributed by atoms with van der Waals surface area (Å²) in [6.45, 7) is 0.281. The van der Waals surface area contributed by atoms with Gasteiger partial charge >= 0.3 is 0 Å². The largest absolute Gasteiger partial charge is 0.396 e. The van der Waals surface area contributed by atoms with Crippen LogP contribution in [0.4, 0.5) is 0 Å². The minimum Gasteiger partial charge on any atom is -0.396 e. The average molecular weight is 176 g/mol. The van der Waals surface area contributed by atoms with Gasteiger partial charge in [0.05, 0.1) is 0 Å². The van der Waals surface area contributed by atoms with Crippen LogP contribution in [0.2, 0.25) is 0 Å². The van der Waals surface area contributed by atoms with Crippen LogP contribution in [-0.2, 0) is 0 Å². The lowest BCUT2D eigenvalue weighted by Crippen LogP contribution is -2.02. The Kier molecular flexibility index (Phi) is 2.65. The van der Waals surface area contributed by atoms with Crippen molar-refractivity contribution >= 4 is 0 Å². The van der Waals surface area contributed by atoms with Crippen molar-refractivity contribution in [2.45, 2.75) is 25.7 Å². The van der Waals surface area contributed by atoms with Gasteiger partial charge in [0.15, 0.2) is 0 Å². The Labute approximate surface area is 79.5 Å². The fourth-order valence-corrected chi connectivity index (χ4v) is 2.35. The lowest BCUT2D eigenvalue weighted by atomic mass is 9.92. The van der Waals surface area contributed by atoms with Crippen molar-refractivity contribution in [3.05, 3.63) is 35.5 Å². The summed E-state index contributed by atoms with van der Waals surface area (Å²) < 4.78 is 0. The monoisotopic (exact) mass is 176 g/mol. The Morgan fingerprint density at radius 3 is 3.00 bits per heavy atom. The zero-order valence-electron chi connectivity index (χ0n) is 7.87. The molecule has 0 aromatic heterocycles. The van der Waals surface area contributed by atoms with Crippen molar-refractivity contribution in [3.63, 3.8) is 0 Å². The molecule has 0 bridgehead atoms. The van der Waals surface area contributed by atoms with Crippen molar-refractivity contribution in [1.29, 1.82) is 0 Å². The molecule has 1 atom stereocenters. The van der Waals surface area contributed by atoms with Crippen molar-refractivity contribution in [3.8, 4) is 0 Å². The fraction of sp³-hybridized carbons (Fsp3) is 0.500. The quantitative estimate of drug-likeness (QED) is 0.685. The number of aliphatic hydroxyl groups is 1. The topological polar surface area (TPSA) is 20.2 Å². The van der Waals surface area contributed by atoms with Crippen LogP contribution >= 0.6 is 0 Å². The van der Waals surface area contributed by atoms with E-state index in [0.717, 1.165) is 6.42 Å². The molecular formula is C12H16O. The van der Waals surface area contributed by atoms with Crippen molar-refractivity contribution in [2.24, 2.45) is 5.92 Å². The fourth-order valence-electron chi connectivity index (χ4n) is 2.35. The lowest BCUT2D eigenvalue weighted by molar-refractivity contribution is 0.295. The maximum atomic E-state index is 8.95. The molecule has 2 rings (SSSR count). The Hall–Kier alpha value is -0.820. The van der Waals surface area contributed by atoms with Gasteiger partial charge in [0.2, 0.25) is 0 Å². The van der Waals surface area contributed by atoms with Crippen LogP contribution in [-0.4, -0.2) is 11.7 Å². The molecule has 0 radical (unpaired) electrons. The second-order valence-electron chi connectivity index (χ2n) is 3.79. The minimum absolute atomic E-state index is 0.281. The molecule has 1 nitrogen and oxygen atoms in total. The van der Waals surface area contributed by atoms with Gasteiger partial charge in [-0.3, -0.25) is 0 Å². The first-order chi connectivity index (χ1) is 6.42. The zero-order valence-corrected chi connectivity index (χ0v) is 7.87. The average Bonchev–Trinajstić information content (AvgIpc) is 2.52. The Balaban J connectivity index is 2.21. The molecular weight excluding hydrogens is 160 g/mol. The summed E-state index contributed by atoms with van der Waals surface area (Å²) in [5.41, 5.74) is 2.98. The normalized spacial score (nSPS) is 26.4. The lowest BCUT2D eigenvalue weighted by Gasteiger charge is -2.14. The highest BCUT2D eigenvalue weighted by Crippen LogP contribution is 2.38. The molecule has 0 saturated heterocycles. The van der Waals surface area contributed by atoms with Gasteiger partial charge in [0.25, 0.3) is 0 Å². The van der Waals surface area contributed by atoms with Gasteiger partial charge in [-0.05, 0) is 25.7 Å². The van der Waals surface area contributed by atoms with Gasteiger partial charge in [-0.25, -0.2) is 0 Å². The standard InChI is InChI=1S/C12H16O/c13-9-8-11-5-2-1-4-10-6-3-7-12(10)11/h1-2,4-5,12-13H,3,6-9H2. The molecule has 1 fully saturated rings. The van der Waals surface area contributed by atoms with Crippen LogP contribution in [0.1, 0.15) is 25.7 Å². The first kappa shape index (κ1) is 8.76. The molecule has 1 heteroatoms. The summed E-state index contributed by atoms with van der Waals surface area (Å²) >= 11 is 0. The smallest absolute Gasteiger partial charge is 0.0468 e. The summed E-state index contributed by atoms with van der Waals surface area (Å²) in [6.07, 6.45) is 13.3. The number of aliphatic hydroxyl groups excluding tert-OH is 1. The molecule has 70 valence electrons. The van der Waals surface area contributed by atoms with E-state index in [-0.39, 0.29) is 6.61 Å². The minimum atomic E-state index is 0.281. The van der Waals surface area contributed by atoms with Crippen LogP contribution in [0.3, 0.4) is 0 Å². The molecule has 1 N–H and O–H groups in total. The van der Waals surface area contributed by atoms with E-state index in [2.05, 4.69) is 24.3 Å². The van der Waals surface area contributed by atoms with E-state index in [9.17, 15) is 0 Å². The van der Waals surface area contributed by atoms with Crippen LogP contribution in [0.25, 0.3) is 0 Å². The van der Waals surface area contributed by atoms with Crippen molar-refractivity contribution in [2.75, 3.05) is 6.61 Å². The zero-order chi connectivity index (χ0) is 9.10. The molecule has 0 aliphatic heterocycles. The van der Waals surface area contributed by atoms with Crippen LogP contribution in [0.15, 0.2) is 35.5 Å². The van der Waals surface area contributed by atoms with E-state index < -0.39 is 0 Å². The number of hydrogen-bond donors (Lipinski definition) is 1. The molecule has 2 aliphatic rings. The maximum absolute atomic E-state index is 8.95. The second-order valence-corrected chi connectivity index (χ2v) is 3.79. The predicted molar refractivity (Wildman–Crippen MR) is 54.3 cm³/mol. The molecule has 0 aromatic carbocycles. The molecule has 0 amide bonds. The first-order valence-electron chi connectivity index (χ1n) is 5.09. The second kappa shape index (κ2) is 3.93. The van der Waals surface area contributed by atoms with E-state index in [4.69, 9.17) is 5.11 Å². The van der Waals surface area contributed by atoms with E-state index in [1.54, 1.807) is 5.57 Å². The van der Waals surface area contributed by atoms with Crippen LogP contribution in [0, 0.1) is 5.92 Å². The highest BCUT2D eigenvalue weighted by atomic mass is 16.2. The van der Waals surface area contributed by atoms with E-state index >= 15 is 0 Å². The van der Waals surface area contributed by atoms with Crippen LogP contribution < -0.4 is 0 Å². The summed E-state index contributed by atoms with van der Waals surface area (Å²) in [5.74, 6) is 0.641. The molecule has 0 spiro atoms. The Morgan fingerprint density at radius 1 is 1.31 bits per heavy atom. The van der Waals surface area contributed by atoms with Gasteiger partial charge in [0.1, 0.15) is 0 Å². The van der Waals surface area contributed by atoms with Gasteiger partial charge < -0.3 is 5.11 Å². The Morgan fingerprint density at radius 2 is 2.15 bits per heavy atom. The number of hydrogen-bond acceptors (Lipinski definition) is 1. The van der Waals surface area contributed by atoms with Crippen LogP contribution in [0.5, 0.6) is 0 Å². The maximum Gasteiger partial charge on any atom is 0.0468 e. The van der Waals surface area contributed by atoms with Crippen molar-refractivity contribution < 1.29 is 5.11 Å². The SMILES string of the molecule is OCCC1=CC=CC=C2CCCC12. The number of allylic oxidation sites excluding steroid dienone is 5. The van der Waals surface area contributed by atoms with E-state index in [0.29, 0.717) is 5.92 Å². The van der Waals surface area contributed by atoms with Gasteiger partial charge in [-0.2, -0.15) is 0 Å². The van der Waals surface area contributed by atoms with Gasteiger partial charge in [-0.1, -0.05) is 35.5 Å². The summed E-state index contributed by atoms with van der Waals surface area (Å²) in [7, 11) is 0. The van der Waals surface area contributed by atoms with Gasteiger partial charge in [-0.15, -0.1) is 0 Å². The molecule has 1 saturated carbocycles. The third-order valence-electron chi connectivity index (χ3n) is 2.99. The van der Waals surface area contributed by atoms with E-state index in [1.807, 2.05) is 0 Å². The third kappa shape index (κ3) is 1.75. The Bertz CT molecular complexity index is 271. The highest BCUT2D eigenvalue weighted by molar-refractivity contribution is 5.34. The molecule has 1 unspecified atom stereocenters. The van der Waals surface area contributed by atoms with Gasteiger partial charge in [0, 0.05) is 12.5 Å². The summed E-state index contributed by atoms with van der Waals surface area (Å²) in [6, 6.07) is 0. The third-order valence-corrected chi connectivity index (χ3v) is 2.99. The predicted octanol–water partition coefficient (Wildman–Crippen LogP) is 2.59. The number of rotatable bonds is 2. The highest BCUT2D eigenvalue weighted by Gasteiger charge is 2.23. The van der Waals surface area contributed by atoms with E-state index in [1.165, 1.54) is 24.8 Å². The summed E-state index contributed by atoms with van der Waals surface area (Å²) in [4.78, 5) is 0. The molecule has 2 aliphatic carbocycles. The molecule has 0 heterocycles. The molecule has 0 aromatic rings. The molecule has 13 heavy (non-hydrogen) atoms. The summed E-state index contributed by atoms with van der Waals surface area (Å²) in [5, 5.41) is 8.95.